The van der Waals surface area contributed by atoms with E-state index in [1.54, 1.807) is 12.3 Å². The second-order valence-electron chi connectivity index (χ2n) is 12.4. The highest BCUT2D eigenvalue weighted by molar-refractivity contribution is 5.91. The number of aromatic amines is 1. The molecule has 0 aliphatic carbocycles. The van der Waals surface area contributed by atoms with Gasteiger partial charge in [0.2, 0.25) is 0 Å². The van der Waals surface area contributed by atoms with Gasteiger partial charge in [0.1, 0.15) is 17.3 Å². The predicted octanol–water partition coefficient (Wildman–Crippen LogP) is 5.45. The molecule has 0 bridgehead atoms. The molecule has 0 radical (unpaired) electrons. The van der Waals surface area contributed by atoms with E-state index in [1.807, 2.05) is 36.5 Å². The molecule has 0 saturated carbocycles. The monoisotopic (exact) mass is 600 g/mol. The minimum absolute atomic E-state index is 0.0210. The van der Waals surface area contributed by atoms with Gasteiger partial charge in [-0.1, -0.05) is 36.4 Å². The number of imidazole rings is 1. The van der Waals surface area contributed by atoms with Crippen LogP contribution in [-0.4, -0.2) is 70.6 Å². The molecule has 228 valence electrons. The fourth-order valence-electron chi connectivity index (χ4n) is 6.56. The third kappa shape index (κ3) is 5.43. The lowest BCUT2D eigenvalue weighted by Gasteiger charge is -2.35. The molecular formula is C36H37FN8. The number of benzene rings is 2. The summed E-state index contributed by atoms with van der Waals surface area (Å²) in [6.45, 7) is 8.39. The molecule has 45 heavy (non-hydrogen) atoms. The predicted molar refractivity (Wildman–Crippen MR) is 178 cm³/mol. The largest absolute Gasteiger partial charge is 0.379 e. The molecular weight excluding hydrogens is 563 g/mol. The van der Waals surface area contributed by atoms with E-state index in [-0.39, 0.29) is 11.9 Å². The minimum Gasteiger partial charge on any atom is -0.379 e. The Morgan fingerprint density at radius 3 is 2.62 bits per heavy atom. The summed E-state index contributed by atoms with van der Waals surface area (Å²) in [7, 11) is 2.18. The molecule has 2 saturated heterocycles. The summed E-state index contributed by atoms with van der Waals surface area (Å²) in [5.74, 6) is 1.49. The zero-order valence-electron chi connectivity index (χ0n) is 25.6. The maximum Gasteiger partial charge on any atom is 0.161 e. The lowest BCUT2D eigenvalue weighted by Crippen LogP contribution is -2.43. The number of pyridine rings is 1. The second kappa shape index (κ2) is 11.3. The normalized spacial score (nSPS) is 19.0. The number of hydrogen-bond donors (Lipinski definition) is 3. The van der Waals surface area contributed by atoms with Crippen molar-refractivity contribution in [1.82, 2.24) is 30.1 Å². The average molecular weight is 601 g/mol. The molecule has 2 aromatic carbocycles. The van der Waals surface area contributed by atoms with Crippen LogP contribution in [0.3, 0.4) is 0 Å². The number of likely N-dealkylation sites (N-methyl/N-ethyl adjacent to an activating group) is 1. The number of H-pyrrole nitrogens is 1. The highest BCUT2D eigenvalue weighted by atomic mass is 19.1. The van der Waals surface area contributed by atoms with E-state index in [9.17, 15) is 0 Å². The van der Waals surface area contributed by atoms with Crippen molar-refractivity contribution in [3.8, 4) is 11.1 Å². The van der Waals surface area contributed by atoms with Crippen LogP contribution in [0.1, 0.15) is 35.1 Å². The maximum absolute atomic E-state index is 15.7. The Bertz CT molecular complexity index is 1850. The molecule has 2 aromatic heterocycles. The van der Waals surface area contributed by atoms with E-state index in [0.29, 0.717) is 12.1 Å². The molecule has 4 aliphatic heterocycles. The van der Waals surface area contributed by atoms with Crippen LogP contribution in [0.15, 0.2) is 84.8 Å². The van der Waals surface area contributed by atoms with Gasteiger partial charge in [-0.05, 0) is 55.4 Å². The Hall–Kier alpha value is -4.73. The van der Waals surface area contributed by atoms with Gasteiger partial charge in [-0.15, -0.1) is 0 Å². The van der Waals surface area contributed by atoms with Gasteiger partial charge in [0, 0.05) is 91.4 Å². The van der Waals surface area contributed by atoms with Gasteiger partial charge >= 0.3 is 0 Å². The van der Waals surface area contributed by atoms with Gasteiger partial charge in [0.15, 0.2) is 5.82 Å². The van der Waals surface area contributed by atoms with Crippen molar-refractivity contribution in [2.24, 2.45) is 0 Å². The zero-order valence-corrected chi connectivity index (χ0v) is 25.6. The number of nitrogens with zero attached hydrogens (tertiary/aromatic N) is 5. The van der Waals surface area contributed by atoms with Gasteiger partial charge in [-0.25, -0.2) is 9.37 Å². The molecule has 9 heteroatoms. The fourth-order valence-corrected chi connectivity index (χ4v) is 6.56. The Kier molecular flexibility index (Phi) is 6.99. The number of fused-ring (bicyclic) bond motifs is 4. The quantitative estimate of drug-likeness (QED) is 0.244. The number of anilines is 2. The number of nitrogens with one attached hydrogen (secondary N) is 3. The molecule has 0 amide bonds. The molecule has 4 aromatic rings. The molecule has 4 aliphatic rings. The number of halogens is 1. The molecule has 8 nitrogen and oxygen atoms in total. The van der Waals surface area contributed by atoms with E-state index in [2.05, 4.69) is 79.6 Å². The SMILES string of the molecule is CC1C=C(c2nc3c([nH]2)C(N2CCN(C)CC2)=CC=C2CN23)c2cc(-c3cncc(CNCc4ccccc4)c3)c(F)cc2N1. The number of hydrogen-bond acceptors (Lipinski definition) is 7. The molecule has 0 spiro atoms. The average Bonchev–Trinajstić information content (AvgIpc) is 3.72. The van der Waals surface area contributed by atoms with Crippen molar-refractivity contribution >= 4 is 22.8 Å². The second-order valence-corrected chi connectivity index (χ2v) is 12.4. The lowest BCUT2D eigenvalue weighted by molar-refractivity contribution is 0.207. The van der Waals surface area contributed by atoms with Crippen molar-refractivity contribution in [1.29, 1.82) is 0 Å². The molecule has 8 rings (SSSR count). The van der Waals surface area contributed by atoms with Crippen molar-refractivity contribution < 1.29 is 4.39 Å². The maximum atomic E-state index is 15.7. The van der Waals surface area contributed by atoms with Crippen molar-refractivity contribution in [2.45, 2.75) is 26.1 Å². The summed E-state index contributed by atoms with van der Waals surface area (Å²) in [6.07, 6.45) is 10.2. The number of aromatic nitrogens is 3. The third-order valence-electron chi connectivity index (χ3n) is 9.10. The number of rotatable bonds is 7. The van der Waals surface area contributed by atoms with Crippen molar-refractivity contribution in [3.05, 3.63) is 119 Å². The van der Waals surface area contributed by atoms with Gasteiger partial charge in [-0.2, -0.15) is 0 Å². The molecule has 1 atom stereocenters. The van der Waals surface area contributed by atoms with Crippen LogP contribution in [0.4, 0.5) is 15.9 Å². The van der Waals surface area contributed by atoms with Crippen molar-refractivity contribution in [2.75, 3.05) is 50.0 Å². The lowest BCUT2D eigenvalue weighted by atomic mass is 9.92. The first-order valence-corrected chi connectivity index (χ1v) is 15.7. The van der Waals surface area contributed by atoms with Gasteiger partial charge < -0.3 is 30.3 Å². The van der Waals surface area contributed by atoms with E-state index in [4.69, 9.17) is 4.98 Å². The van der Waals surface area contributed by atoms with Gasteiger partial charge in [0.05, 0.1) is 12.2 Å². The Morgan fingerprint density at radius 1 is 0.956 bits per heavy atom. The fraction of sp³-hybridized carbons (Fsp3) is 0.278. The molecule has 1 unspecified atom stereocenters. The highest BCUT2D eigenvalue weighted by Gasteiger charge is 2.36. The Balaban J connectivity index is 1.11. The molecule has 3 N–H and O–H groups in total. The van der Waals surface area contributed by atoms with Crippen LogP contribution >= 0.6 is 0 Å². The highest BCUT2D eigenvalue weighted by Crippen LogP contribution is 2.43. The van der Waals surface area contributed by atoms with Crippen LogP contribution in [0.5, 0.6) is 0 Å². The summed E-state index contributed by atoms with van der Waals surface area (Å²) >= 11 is 0. The smallest absolute Gasteiger partial charge is 0.161 e. The van der Waals surface area contributed by atoms with E-state index < -0.39 is 0 Å². The summed E-state index contributed by atoms with van der Waals surface area (Å²) < 4.78 is 15.7. The summed E-state index contributed by atoms with van der Waals surface area (Å²) in [6, 6.07) is 15.9. The van der Waals surface area contributed by atoms with Crippen LogP contribution in [0, 0.1) is 5.82 Å². The first-order valence-electron chi connectivity index (χ1n) is 15.7. The molecule has 6 heterocycles. The first kappa shape index (κ1) is 27.8. The van der Waals surface area contributed by atoms with E-state index in [0.717, 1.165) is 84.6 Å². The standard InChI is InChI=1S/C36H37FN8/c1-23-14-30(35-41-34-33(44-12-10-43(2)11-13-44)9-8-27-22-45(27)36(34)42-35)29-16-28(31(37)17-32(29)40-23)26-15-25(20-39-21-26)19-38-18-24-6-4-3-5-7-24/h3-9,14-17,20-21,23,38,40H,10-13,18-19,22H2,1-2H3,(H,41,42). The Morgan fingerprint density at radius 2 is 1.78 bits per heavy atom. The van der Waals surface area contributed by atoms with E-state index >= 15 is 4.39 Å². The van der Waals surface area contributed by atoms with Crippen molar-refractivity contribution in [3.63, 3.8) is 0 Å². The summed E-state index contributed by atoms with van der Waals surface area (Å²) in [5.41, 5.74) is 9.68. The van der Waals surface area contributed by atoms with Crippen LogP contribution in [0.25, 0.3) is 22.4 Å². The van der Waals surface area contributed by atoms with Crippen LogP contribution < -0.4 is 15.5 Å². The topological polar surface area (TPSA) is 75.1 Å². The summed E-state index contributed by atoms with van der Waals surface area (Å²) in [5, 5.41) is 6.94. The number of allylic oxidation sites excluding steroid dienone is 2. The third-order valence-corrected chi connectivity index (χ3v) is 9.10. The molecule has 2 fully saturated rings. The first-order chi connectivity index (χ1) is 22.0. The minimum atomic E-state index is -0.278. The Labute approximate surface area is 263 Å². The van der Waals surface area contributed by atoms with Crippen LogP contribution in [-0.2, 0) is 13.1 Å². The van der Waals surface area contributed by atoms with E-state index in [1.165, 1.54) is 17.0 Å². The van der Waals surface area contributed by atoms with Gasteiger partial charge in [0.25, 0.3) is 0 Å². The number of piperazine rings is 1. The van der Waals surface area contributed by atoms with Crippen LogP contribution in [0.2, 0.25) is 0 Å². The summed E-state index contributed by atoms with van der Waals surface area (Å²) in [4.78, 5) is 20.5. The zero-order chi connectivity index (χ0) is 30.5. The van der Waals surface area contributed by atoms with Gasteiger partial charge in [-0.3, -0.25) is 4.98 Å².